The van der Waals surface area contributed by atoms with Crippen molar-refractivity contribution in [1.29, 1.82) is 0 Å². The van der Waals surface area contributed by atoms with Crippen molar-refractivity contribution in [2.24, 2.45) is 5.92 Å². The van der Waals surface area contributed by atoms with Crippen molar-refractivity contribution in [2.45, 2.75) is 51.5 Å². The first-order valence-electron chi connectivity index (χ1n) is 10.00. The van der Waals surface area contributed by atoms with Gasteiger partial charge >= 0.3 is 0 Å². The van der Waals surface area contributed by atoms with E-state index in [0.29, 0.717) is 11.8 Å². The van der Waals surface area contributed by atoms with Crippen LogP contribution in [0.3, 0.4) is 0 Å². The Morgan fingerprint density at radius 2 is 1.81 bits per heavy atom. The molecule has 1 aromatic heterocycles. The van der Waals surface area contributed by atoms with E-state index in [0.717, 1.165) is 74.8 Å². The molecule has 0 N–H and O–H groups in total. The van der Waals surface area contributed by atoms with E-state index in [1.807, 2.05) is 24.3 Å². The van der Waals surface area contributed by atoms with Gasteiger partial charge in [-0.25, -0.2) is 4.98 Å². The number of likely N-dealkylation sites (tertiary alicyclic amines) is 2. The molecule has 2 aliphatic rings. The number of hydrogen-bond acceptors (Lipinski definition) is 4. The Bertz CT molecular complexity index is 722. The van der Waals surface area contributed by atoms with Gasteiger partial charge < -0.3 is 9.32 Å². The molecule has 2 aromatic rings. The van der Waals surface area contributed by atoms with Gasteiger partial charge in [0.1, 0.15) is 5.52 Å². The molecule has 26 heavy (non-hydrogen) atoms. The molecule has 0 aliphatic carbocycles. The second kappa shape index (κ2) is 7.39. The standard InChI is InChI=1S/C21H29N3O2/c1-15-7-11-24(12-8-15)21(25)16(2)23-13-9-17(10-14-23)20-22-18-5-3-4-6-19(18)26-20/h3-6,15-17H,7-14H2,1-2H3. The second-order valence-electron chi connectivity index (χ2n) is 8.01. The Morgan fingerprint density at radius 1 is 1.12 bits per heavy atom. The Morgan fingerprint density at radius 3 is 2.50 bits per heavy atom. The van der Waals surface area contributed by atoms with Gasteiger partial charge in [0.2, 0.25) is 5.91 Å². The zero-order chi connectivity index (χ0) is 18.1. The lowest BCUT2D eigenvalue weighted by atomic mass is 9.95. The number of hydrogen-bond donors (Lipinski definition) is 0. The average Bonchev–Trinajstić information content (AvgIpc) is 3.12. The van der Waals surface area contributed by atoms with Crippen molar-refractivity contribution < 1.29 is 9.21 Å². The van der Waals surface area contributed by atoms with E-state index in [-0.39, 0.29) is 6.04 Å². The van der Waals surface area contributed by atoms with Gasteiger partial charge in [0.25, 0.3) is 0 Å². The molecule has 0 saturated carbocycles. The first-order chi connectivity index (χ1) is 12.6. The van der Waals surface area contributed by atoms with Crippen LogP contribution < -0.4 is 0 Å². The molecule has 2 saturated heterocycles. The summed E-state index contributed by atoms with van der Waals surface area (Å²) in [6, 6.07) is 7.92. The van der Waals surface area contributed by atoms with Gasteiger partial charge in [0.15, 0.2) is 11.5 Å². The number of carbonyl (C=O) groups is 1. The van der Waals surface area contributed by atoms with Gasteiger partial charge in [-0.05, 0) is 63.7 Å². The molecule has 1 amide bonds. The van der Waals surface area contributed by atoms with E-state index >= 15 is 0 Å². The van der Waals surface area contributed by atoms with Crippen LogP contribution in [0.4, 0.5) is 0 Å². The largest absolute Gasteiger partial charge is 0.440 e. The zero-order valence-corrected chi connectivity index (χ0v) is 15.9. The molecular formula is C21H29N3O2. The monoisotopic (exact) mass is 355 g/mol. The number of para-hydroxylation sites is 2. The summed E-state index contributed by atoms with van der Waals surface area (Å²) < 4.78 is 5.95. The number of aromatic nitrogens is 1. The van der Waals surface area contributed by atoms with Crippen LogP contribution in [0.5, 0.6) is 0 Å². The van der Waals surface area contributed by atoms with Gasteiger partial charge in [-0.15, -0.1) is 0 Å². The summed E-state index contributed by atoms with van der Waals surface area (Å²) in [5.41, 5.74) is 1.81. The lowest BCUT2D eigenvalue weighted by molar-refractivity contribution is -0.138. The topological polar surface area (TPSA) is 49.6 Å². The van der Waals surface area contributed by atoms with Crippen LogP contribution in [-0.2, 0) is 4.79 Å². The van der Waals surface area contributed by atoms with E-state index in [9.17, 15) is 4.79 Å². The minimum atomic E-state index is -0.0204. The first kappa shape index (κ1) is 17.5. The molecular weight excluding hydrogens is 326 g/mol. The van der Waals surface area contributed by atoms with Crippen LogP contribution in [0.1, 0.15) is 51.3 Å². The van der Waals surface area contributed by atoms with Crippen LogP contribution >= 0.6 is 0 Å². The van der Waals surface area contributed by atoms with Gasteiger partial charge in [-0.2, -0.15) is 0 Å². The average molecular weight is 355 g/mol. The predicted octanol–water partition coefficient (Wildman–Crippen LogP) is 3.65. The summed E-state index contributed by atoms with van der Waals surface area (Å²) in [6.45, 7) is 8.05. The van der Waals surface area contributed by atoms with Crippen molar-refractivity contribution in [3.8, 4) is 0 Å². The van der Waals surface area contributed by atoms with Crippen molar-refractivity contribution in [3.05, 3.63) is 30.2 Å². The molecule has 5 nitrogen and oxygen atoms in total. The lowest BCUT2D eigenvalue weighted by Crippen LogP contribution is -2.51. The summed E-state index contributed by atoms with van der Waals surface area (Å²) in [7, 11) is 0. The number of oxazole rings is 1. The third-order valence-corrected chi connectivity index (χ3v) is 6.19. The molecule has 0 spiro atoms. The molecule has 1 unspecified atom stereocenters. The Labute approximate surface area is 155 Å². The molecule has 2 fully saturated rings. The van der Waals surface area contributed by atoms with E-state index in [2.05, 4.69) is 28.6 Å². The molecule has 0 radical (unpaired) electrons. The number of fused-ring (bicyclic) bond motifs is 1. The molecule has 0 bridgehead atoms. The summed E-state index contributed by atoms with van der Waals surface area (Å²) in [6.07, 6.45) is 4.28. The normalized spacial score (nSPS) is 22.0. The summed E-state index contributed by atoms with van der Waals surface area (Å²) in [5, 5.41) is 0. The fourth-order valence-electron chi connectivity index (χ4n) is 4.25. The number of piperidine rings is 2. The maximum Gasteiger partial charge on any atom is 0.239 e. The number of rotatable bonds is 3. The van der Waals surface area contributed by atoms with E-state index in [1.165, 1.54) is 0 Å². The lowest BCUT2D eigenvalue weighted by Gasteiger charge is -2.38. The van der Waals surface area contributed by atoms with Crippen molar-refractivity contribution in [3.63, 3.8) is 0 Å². The molecule has 4 rings (SSSR count). The van der Waals surface area contributed by atoms with Gasteiger partial charge in [0, 0.05) is 19.0 Å². The fraction of sp³-hybridized carbons (Fsp3) is 0.619. The minimum absolute atomic E-state index is 0.0204. The third kappa shape index (κ3) is 3.50. The van der Waals surface area contributed by atoms with E-state index in [4.69, 9.17) is 4.42 Å². The van der Waals surface area contributed by atoms with Gasteiger partial charge in [0.05, 0.1) is 6.04 Å². The Hall–Kier alpha value is -1.88. The van der Waals surface area contributed by atoms with E-state index in [1.54, 1.807) is 0 Å². The Balaban J connectivity index is 1.34. The Kier molecular flexibility index (Phi) is 4.98. The SMILES string of the molecule is CC1CCN(C(=O)C(C)N2CCC(c3nc4ccccc4o3)CC2)CC1. The molecule has 3 heterocycles. The van der Waals surface area contributed by atoms with Gasteiger partial charge in [-0.1, -0.05) is 19.1 Å². The summed E-state index contributed by atoms with van der Waals surface area (Å²) >= 11 is 0. The van der Waals surface area contributed by atoms with Crippen molar-refractivity contribution in [2.75, 3.05) is 26.2 Å². The van der Waals surface area contributed by atoms with Crippen molar-refractivity contribution >= 4 is 17.0 Å². The second-order valence-corrected chi connectivity index (χ2v) is 8.01. The highest BCUT2D eigenvalue weighted by molar-refractivity contribution is 5.81. The maximum atomic E-state index is 12.8. The molecule has 2 aliphatic heterocycles. The number of nitrogens with zero attached hydrogens (tertiary/aromatic N) is 3. The molecule has 5 heteroatoms. The van der Waals surface area contributed by atoms with E-state index < -0.39 is 0 Å². The maximum absolute atomic E-state index is 12.8. The summed E-state index contributed by atoms with van der Waals surface area (Å²) in [5.74, 6) is 2.27. The number of amides is 1. The molecule has 1 atom stereocenters. The highest BCUT2D eigenvalue weighted by atomic mass is 16.3. The number of benzene rings is 1. The smallest absolute Gasteiger partial charge is 0.239 e. The highest BCUT2D eigenvalue weighted by Crippen LogP contribution is 2.31. The van der Waals surface area contributed by atoms with Crippen LogP contribution in [-0.4, -0.2) is 52.9 Å². The highest BCUT2D eigenvalue weighted by Gasteiger charge is 2.32. The number of carbonyl (C=O) groups excluding carboxylic acids is 1. The van der Waals surface area contributed by atoms with Crippen LogP contribution in [0, 0.1) is 5.92 Å². The predicted molar refractivity (Wildman–Crippen MR) is 102 cm³/mol. The quantitative estimate of drug-likeness (QED) is 0.843. The first-order valence-corrected chi connectivity index (χ1v) is 10.00. The zero-order valence-electron chi connectivity index (χ0n) is 15.9. The summed E-state index contributed by atoms with van der Waals surface area (Å²) in [4.78, 5) is 21.9. The van der Waals surface area contributed by atoms with Crippen LogP contribution in [0.15, 0.2) is 28.7 Å². The molecule has 140 valence electrons. The van der Waals surface area contributed by atoms with Crippen LogP contribution in [0.25, 0.3) is 11.1 Å². The van der Waals surface area contributed by atoms with Crippen LogP contribution in [0.2, 0.25) is 0 Å². The van der Waals surface area contributed by atoms with Crippen molar-refractivity contribution in [1.82, 2.24) is 14.8 Å². The third-order valence-electron chi connectivity index (χ3n) is 6.19. The minimum Gasteiger partial charge on any atom is -0.440 e. The molecule has 1 aromatic carbocycles. The fourth-order valence-corrected chi connectivity index (χ4v) is 4.25. The van der Waals surface area contributed by atoms with Gasteiger partial charge in [-0.3, -0.25) is 9.69 Å².